The number of halogens is 1. The van der Waals surface area contributed by atoms with Crippen molar-refractivity contribution in [2.24, 2.45) is 5.73 Å². The molecule has 1 heterocycles. The molecule has 0 atom stereocenters. The quantitative estimate of drug-likeness (QED) is 0.795. The van der Waals surface area contributed by atoms with Crippen LogP contribution in [0, 0.1) is 0 Å². The summed E-state index contributed by atoms with van der Waals surface area (Å²) in [5.74, 6) is -1.12. The van der Waals surface area contributed by atoms with Crippen LogP contribution in [-0.2, 0) is 0 Å². The Morgan fingerprint density at radius 1 is 1.20 bits per heavy atom. The number of hydrogen-bond donors (Lipinski definition) is 3. The number of nitrogens with two attached hydrogens (primary N) is 1. The maximum atomic E-state index is 11.9. The van der Waals surface area contributed by atoms with Gasteiger partial charge in [0.2, 0.25) is 11.5 Å². The number of primary amides is 1. The van der Waals surface area contributed by atoms with Crippen molar-refractivity contribution in [3.05, 3.63) is 63.0 Å². The van der Waals surface area contributed by atoms with Crippen molar-refractivity contribution >= 4 is 29.1 Å². The minimum Gasteiger partial charge on any atom is -0.366 e. The Morgan fingerprint density at radius 2 is 1.95 bits per heavy atom. The van der Waals surface area contributed by atoms with Gasteiger partial charge in [-0.1, -0.05) is 11.6 Å². The van der Waals surface area contributed by atoms with Gasteiger partial charge in [0.15, 0.2) is 0 Å². The molecule has 4 N–H and O–H groups in total. The van der Waals surface area contributed by atoms with Crippen LogP contribution in [0.4, 0.5) is 5.69 Å². The highest BCUT2D eigenvalue weighted by Gasteiger charge is 2.10. The van der Waals surface area contributed by atoms with E-state index < -0.39 is 11.8 Å². The Bertz CT molecular complexity index is 719. The molecule has 6 nitrogen and oxygen atoms in total. The molecule has 0 fully saturated rings. The maximum Gasteiger partial charge on any atom is 0.257 e. The molecule has 7 heteroatoms. The average molecular weight is 292 g/mol. The van der Waals surface area contributed by atoms with Crippen LogP contribution < -0.4 is 16.6 Å². The molecule has 0 aliphatic rings. The van der Waals surface area contributed by atoms with Crippen molar-refractivity contribution in [1.29, 1.82) is 0 Å². The van der Waals surface area contributed by atoms with E-state index >= 15 is 0 Å². The summed E-state index contributed by atoms with van der Waals surface area (Å²) >= 11 is 5.81. The first-order valence-corrected chi connectivity index (χ1v) is 5.94. The Kier molecular flexibility index (Phi) is 3.86. The standard InChI is InChI=1S/C13H10ClN3O3/c14-10-3-2-8(5-9(10)12(15)19)17-13(20)7-1-4-11(18)16-6-7/h1-6H,(H2,15,19)(H,16,18)(H,17,20). The van der Waals surface area contributed by atoms with Crippen molar-refractivity contribution in [1.82, 2.24) is 4.98 Å². The summed E-state index contributed by atoms with van der Waals surface area (Å²) in [6.07, 6.45) is 1.29. The molecule has 0 aliphatic carbocycles. The van der Waals surface area contributed by atoms with E-state index in [-0.39, 0.29) is 21.7 Å². The summed E-state index contributed by atoms with van der Waals surface area (Å²) in [7, 11) is 0. The average Bonchev–Trinajstić information content (AvgIpc) is 2.41. The molecule has 0 spiro atoms. The number of aromatic amines is 1. The second-order valence-electron chi connectivity index (χ2n) is 3.95. The number of H-pyrrole nitrogens is 1. The maximum absolute atomic E-state index is 11.9. The highest BCUT2D eigenvalue weighted by Crippen LogP contribution is 2.20. The monoisotopic (exact) mass is 291 g/mol. The molecule has 0 saturated heterocycles. The van der Waals surface area contributed by atoms with Crippen LogP contribution in [0.5, 0.6) is 0 Å². The molecule has 1 aromatic heterocycles. The molecular weight excluding hydrogens is 282 g/mol. The molecule has 0 bridgehead atoms. The topological polar surface area (TPSA) is 105 Å². The van der Waals surface area contributed by atoms with Gasteiger partial charge in [0, 0.05) is 18.0 Å². The number of amides is 2. The van der Waals surface area contributed by atoms with Gasteiger partial charge >= 0.3 is 0 Å². The molecule has 2 amide bonds. The fourth-order valence-electron chi connectivity index (χ4n) is 1.55. The number of aromatic nitrogens is 1. The van der Waals surface area contributed by atoms with E-state index in [0.29, 0.717) is 5.69 Å². The molecule has 2 aromatic rings. The Balaban J connectivity index is 2.24. The van der Waals surface area contributed by atoms with Crippen LogP contribution in [0.3, 0.4) is 0 Å². The number of anilines is 1. The Labute approximate surface area is 118 Å². The minimum absolute atomic E-state index is 0.117. The van der Waals surface area contributed by atoms with Crippen LogP contribution in [0.15, 0.2) is 41.3 Å². The molecule has 20 heavy (non-hydrogen) atoms. The third kappa shape index (κ3) is 3.04. The van der Waals surface area contributed by atoms with Gasteiger partial charge in [-0.2, -0.15) is 0 Å². The Morgan fingerprint density at radius 3 is 2.55 bits per heavy atom. The molecule has 1 aromatic carbocycles. The van der Waals surface area contributed by atoms with Gasteiger partial charge in [-0.3, -0.25) is 14.4 Å². The number of carbonyl (C=O) groups excluding carboxylic acids is 2. The van der Waals surface area contributed by atoms with Gasteiger partial charge in [-0.05, 0) is 24.3 Å². The smallest absolute Gasteiger partial charge is 0.257 e. The molecular formula is C13H10ClN3O3. The second-order valence-corrected chi connectivity index (χ2v) is 4.36. The van der Waals surface area contributed by atoms with Crippen LogP contribution in [0.1, 0.15) is 20.7 Å². The SMILES string of the molecule is NC(=O)c1cc(NC(=O)c2ccc(=O)[nH]c2)ccc1Cl. The lowest BCUT2D eigenvalue weighted by atomic mass is 10.2. The van der Waals surface area contributed by atoms with Crippen molar-refractivity contribution in [2.45, 2.75) is 0 Å². The molecule has 0 unspecified atom stereocenters. The van der Waals surface area contributed by atoms with Gasteiger partial charge in [-0.15, -0.1) is 0 Å². The zero-order valence-electron chi connectivity index (χ0n) is 10.1. The summed E-state index contributed by atoms with van der Waals surface area (Å²) in [6, 6.07) is 7.02. The Hall–Kier alpha value is -2.60. The predicted molar refractivity (Wildman–Crippen MR) is 75.0 cm³/mol. The minimum atomic E-state index is -0.685. The lowest BCUT2D eigenvalue weighted by Crippen LogP contribution is -2.16. The number of hydrogen-bond acceptors (Lipinski definition) is 3. The summed E-state index contributed by atoms with van der Waals surface area (Å²) in [6.45, 7) is 0. The summed E-state index contributed by atoms with van der Waals surface area (Å²) < 4.78 is 0. The van der Waals surface area contributed by atoms with Crippen LogP contribution >= 0.6 is 11.6 Å². The van der Waals surface area contributed by atoms with Crippen molar-refractivity contribution in [2.75, 3.05) is 5.32 Å². The summed E-state index contributed by atoms with van der Waals surface area (Å²) in [5, 5.41) is 2.78. The summed E-state index contributed by atoms with van der Waals surface area (Å²) in [4.78, 5) is 36.4. The van der Waals surface area contributed by atoms with E-state index in [1.807, 2.05) is 0 Å². The first-order chi connectivity index (χ1) is 9.47. The van der Waals surface area contributed by atoms with E-state index in [1.165, 1.54) is 30.5 Å². The predicted octanol–water partition coefficient (Wildman–Crippen LogP) is 1.38. The number of rotatable bonds is 3. The zero-order valence-corrected chi connectivity index (χ0v) is 10.9. The highest BCUT2D eigenvalue weighted by atomic mass is 35.5. The van der Waals surface area contributed by atoms with Crippen LogP contribution in [-0.4, -0.2) is 16.8 Å². The lowest BCUT2D eigenvalue weighted by molar-refractivity contribution is 0.0996. The fourth-order valence-corrected chi connectivity index (χ4v) is 1.76. The number of pyridine rings is 1. The van der Waals surface area contributed by atoms with Crippen LogP contribution in [0.25, 0.3) is 0 Å². The molecule has 0 aliphatic heterocycles. The van der Waals surface area contributed by atoms with Gasteiger partial charge in [0.05, 0.1) is 16.1 Å². The normalized spacial score (nSPS) is 10.1. The van der Waals surface area contributed by atoms with Crippen molar-refractivity contribution in [3.63, 3.8) is 0 Å². The van der Waals surface area contributed by atoms with Crippen molar-refractivity contribution in [3.8, 4) is 0 Å². The van der Waals surface area contributed by atoms with E-state index in [0.717, 1.165) is 0 Å². The van der Waals surface area contributed by atoms with E-state index in [4.69, 9.17) is 17.3 Å². The lowest BCUT2D eigenvalue weighted by Gasteiger charge is -2.07. The zero-order chi connectivity index (χ0) is 14.7. The third-order valence-corrected chi connectivity index (χ3v) is 2.87. The number of carbonyl (C=O) groups is 2. The molecule has 0 radical (unpaired) electrons. The fraction of sp³-hybridized carbons (Fsp3) is 0. The first-order valence-electron chi connectivity index (χ1n) is 5.57. The van der Waals surface area contributed by atoms with E-state index in [9.17, 15) is 14.4 Å². The van der Waals surface area contributed by atoms with E-state index in [2.05, 4.69) is 10.3 Å². The molecule has 2 rings (SSSR count). The summed E-state index contributed by atoms with van der Waals surface area (Å²) in [5.41, 5.74) is 5.63. The molecule has 102 valence electrons. The third-order valence-electron chi connectivity index (χ3n) is 2.54. The van der Waals surface area contributed by atoms with Crippen LogP contribution in [0.2, 0.25) is 5.02 Å². The highest BCUT2D eigenvalue weighted by molar-refractivity contribution is 6.34. The largest absolute Gasteiger partial charge is 0.366 e. The van der Waals surface area contributed by atoms with E-state index in [1.54, 1.807) is 6.07 Å². The van der Waals surface area contributed by atoms with Gasteiger partial charge in [0.25, 0.3) is 5.91 Å². The number of benzene rings is 1. The number of nitrogens with one attached hydrogen (secondary N) is 2. The van der Waals surface area contributed by atoms with Gasteiger partial charge < -0.3 is 16.0 Å². The van der Waals surface area contributed by atoms with Gasteiger partial charge in [-0.25, -0.2) is 0 Å². The molecule has 0 saturated carbocycles. The second kappa shape index (κ2) is 5.58. The van der Waals surface area contributed by atoms with Gasteiger partial charge in [0.1, 0.15) is 0 Å². The first kappa shape index (κ1) is 13.8. The van der Waals surface area contributed by atoms with Crippen molar-refractivity contribution < 1.29 is 9.59 Å².